The van der Waals surface area contributed by atoms with E-state index < -0.39 is 0 Å². The fourth-order valence-electron chi connectivity index (χ4n) is 1.28. The van der Waals surface area contributed by atoms with Crippen LogP contribution in [0.25, 0.3) is 10.7 Å². The molecule has 14 heavy (non-hydrogen) atoms. The zero-order valence-corrected chi connectivity index (χ0v) is 9.01. The fraction of sp³-hybridized carbons (Fsp3) is 0.300. The third kappa shape index (κ3) is 1.65. The summed E-state index contributed by atoms with van der Waals surface area (Å²) >= 11 is 1.70. The zero-order chi connectivity index (χ0) is 9.97. The standard InChI is InChI=1S/C10H11N3S/c1-3-9-7(2)13-10(14-9)8-6-11-4-5-12-8/h4-6H,3H2,1-2H3. The number of hydrogen-bond acceptors (Lipinski definition) is 4. The molecule has 3 nitrogen and oxygen atoms in total. The Morgan fingerprint density at radius 3 is 2.79 bits per heavy atom. The van der Waals surface area contributed by atoms with E-state index in [0.717, 1.165) is 22.8 Å². The molecule has 0 aliphatic carbocycles. The summed E-state index contributed by atoms with van der Waals surface area (Å²) in [7, 11) is 0. The molecular weight excluding hydrogens is 194 g/mol. The first-order valence-electron chi connectivity index (χ1n) is 4.54. The molecular formula is C10H11N3S. The minimum Gasteiger partial charge on any atom is -0.261 e. The highest BCUT2D eigenvalue weighted by atomic mass is 32.1. The first-order valence-corrected chi connectivity index (χ1v) is 5.35. The Hall–Kier alpha value is -1.29. The van der Waals surface area contributed by atoms with Gasteiger partial charge in [0.25, 0.3) is 0 Å². The maximum atomic E-state index is 4.47. The van der Waals surface area contributed by atoms with Crippen molar-refractivity contribution in [3.05, 3.63) is 29.2 Å². The summed E-state index contributed by atoms with van der Waals surface area (Å²) in [6.45, 7) is 4.18. The van der Waals surface area contributed by atoms with E-state index in [2.05, 4.69) is 21.9 Å². The molecule has 0 N–H and O–H groups in total. The molecule has 0 radical (unpaired) electrons. The Balaban J connectivity index is 2.43. The Morgan fingerprint density at radius 1 is 1.36 bits per heavy atom. The normalized spacial score (nSPS) is 10.4. The number of thiazole rings is 1. The Kier molecular flexibility index (Phi) is 2.54. The van der Waals surface area contributed by atoms with Crippen molar-refractivity contribution in [2.45, 2.75) is 20.3 Å². The zero-order valence-electron chi connectivity index (χ0n) is 8.19. The van der Waals surface area contributed by atoms with Crippen molar-refractivity contribution >= 4 is 11.3 Å². The molecule has 72 valence electrons. The number of aromatic nitrogens is 3. The van der Waals surface area contributed by atoms with Gasteiger partial charge in [-0.05, 0) is 13.3 Å². The Morgan fingerprint density at radius 2 is 2.21 bits per heavy atom. The van der Waals surface area contributed by atoms with Crippen molar-refractivity contribution in [3.63, 3.8) is 0 Å². The molecule has 2 heterocycles. The molecule has 0 aliphatic rings. The van der Waals surface area contributed by atoms with Gasteiger partial charge in [0.15, 0.2) is 0 Å². The van der Waals surface area contributed by atoms with Crippen LogP contribution < -0.4 is 0 Å². The maximum absolute atomic E-state index is 4.47. The van der Waals surface area contributed by atoms with Gasteiger partial charge < -0.3 is 0 Å². The first kappa shape index (κ1) is 9.27. The van der Waals surface area contributed by atoms with Gasteiger partial charge in [-0.25, -0.2) is 4.98 Å². The molecule has 2 rings (SSSR count). The van der Waals surface area contributed by atoms with Gasteiger partial charge in [0.1, 0.15) is 10.7 Å². The lowest BCUT2D eigenvalue weighted by Crippen LogP contribution is -1.83. The number of nitrogens with zero attached hydrogens (tertiary/aromatic N) is 3. The Bertz CT molecular complexity index is 422. The third-order valence-electron chi connectivity index (χ3n) is 2.00. The lowest BCUT2D eigenvalue weighted by molar-refractivity contribution is 1.11. The van der Waals surface area contributed by atoms with Gasteiger partial charge >= 0.3 is 0 Å². The SMILES string of the molecule is CCc1sc(-c2cnccn2)nc1C. The summed E-state index contributed by atoms with van der Waals surface area (Å²) in [6.07, 6.45) is 6.14. The molecule has 0 saturated heterocycles. The van der Waals surface area contributed by atoms with Gasteiger partial charge in [0.05, 0.1) is 11.9 Å². The molecule has 0 amide bonds. The summed E-state index contributed by atoms with van der Waals surface area (Å²) < 4.78 is 0. The molecule has 0 spiro atoms. The van der Waals surface area contributed by atoms with E-state index >= 15 is 0 Å². The van der Waals surface area contributed by atoms with E-state index in [-0.39, 0.29) is 0 Å². The average Bonchev–Trinajstić information content (AvgIpc) is 2.61. The van der Waals surface area contributed by atoms with Crippen molar-refractivity contribution < 1.29 is 0 Å². The molecule has 2 aromatic heterocycles. The van der Waals surface area contributed by atoms with Gasteiger partial charge in [0, 0.05) is 17.3 Å². The minimum absolute atomic E-state index is 0.861. The van der Waals surface area contributed by atoms with Crippen LogP contribution in [0.4, 0.5) is 0 Å². The molecule has 0 aromatic carbocycles. The van der Waals surface area contributed by atoms with E-state index in [1.165, 1.54) is 4.88 Å². The predicted molar refractivity (Wildman–Crippen MR) is 57.3 cm³/mol. The van der Waals surface area contributed by atoms with Gasteiger partial charge in [-0.3, -0.25) is 9.97 Å². The monoisotopic (exact) mass is 205 g/mol. The summed E-state index contributed by atoms with van der Waals surface area (Å²) in [5, 5.41) is 0.965. The third-order valence-corrected chi connectivity index (χ3v) is 3.32. The van der Waals surface area contributed by atoms with E-state index in [1.807, 2.05) is 6.92 Å². The summed E-state index contributed by atoms with van der Waals surface area (Å²) in [5.74, 6) is 0. The summed E-state index contributed by atoms with van der Waals surface area (Å²) in [4.78, 5) is 14.0. The second-order valence-electron chi connectivity index (χ2n) is 2.97. The largest absolute Gasteiger partial charge is 0.261 e. The summed E-state index contributed by atoms with van der Waals surface area (Å²) in [6, 6.07) is 0. The van der Waals surface area contributed by atoms with Crippen LogP contribution >= 0.6 is 11.3 Å². The van der Waals surface area contributed by atoms with Gasteiger partial charge in [0.2, 0.25) is 0 Å². The lowest BCUT2D eigenvalue weighted by Gasteiger charge is -1.90. The van der Waals surface area contributed by atoms with Crippen LogP contribution in [0, 0.1) is 6.92 Å². The maximum Gasteiger partial charge on any atom is 0.143 e. The second kappa shape index (κ2) is 3.84. The fourth-order valence-corrected chi connectivity index (χ4v) is 2.24. The topological polar surface area (TPSA) is 38.7 Å². The highest BCUT2D eigenvalue weighted by Gasteiger charge is 2.08. The number of aryl methyl sites for hydroxylation is 2. The van der Waals surface area contributed by atoms with Crippen molar-refractivity contribution in [2.24, 2.45) is 0 Å². The molecule has 0 unspecified atom stereocenters. The molecule has 0 bridgehead atoms. The molecule has 4 heteroatoms. The molecule has 0 fully saturated rings. The van der Waals surface area contributed by atoms with Crippen LogP contribution in [-0.2, 0) is 6.42 Å². The number of rotatable bonds is 2. The second-order valence-corrected chi connectivity index (χ2v) is 4.06. The van der Waals surface area contributed by atoms with E-state index in [1.54, 1.807) is 29.9 Å². The highest BCUT2D eigenvalue weighted by Crippen LogP contribution is 2.25. The van der Waals surface area contributed by atoms with Gasteiger partial charge in [-0.1, -0.05) is 6.92 Å². The lowest BCUT2D eigenvalue weighted by atomic mass is 10.3. The molecule has 0 saturated carbocycles. The Labute approximate surface area is 86.9 Å². The quantitative estimate of drug-likeness (QED) is 0.756. The van der Waals surface area contributed by atoms with Crippen molar-refractivity contribution in [1.29, 1.82) is 0 Å². The first-order chi connectivity index (χ1) is 6.81. The summed E-state index contributed by atoms with van der Waals surface area (Å²) in [5.41, 5.74) is 1.97. The van der Waals surface area contributed by atoms with Crippen LogP contribution in [0.5, 0.6) is 0 Å². The molecule has 2 aromatic rings. The minimum atomic E-state index is 0.861. The van der Waals surface area contributed by atoms with E-state index in [0.29, 0.717) is 0 Å². The van der Waals surface area contributed by atoms with E-state index in [9.17, 15) is 0 Å². The van der Waals surface area contributed by atoms with Crippen LogP contribution in [0.1, 0.15) is 17.5 Å². The molecule has 0 aliphatic heterocycles. The van der Waals surface area contributed by atoms with Crippen LogP contribution in [0.3, 0.4) is 0 Å². The molecule has 0 atom stereocenters. The van der Waals surface area contributed by atoms with Gasteiger partial charge in [-0.15, -0.1) is 11.3 Å². The predicted octanol–water partition coefficient (Wildman–Crippen LogP) is 2.47. The van der Waals surface area contributed by atoms with E-state index in [4.69, 9.17) is 0 Å². The van der Waals surface area contributed by atoms with Crippen molar-refractivity contribution in [2.75, 3.05) is 0 Å². The smallest absolute Gasteiger partial charge is 0.143 e. The van der Waals surface area contributed by atoms with Gasteiger partial charge in [-0.2, -0.15) is 0 Å². The highest BCUT2D eigenvalue weighted by molar-refractivity contribution is 7.15. The number of hydrogen-bond donors (Lipinski definition) is 0. The van der Waals surface area contributed by atoms with Crippen LogP contribution in [-0.4, -0.2) is 15.0 Å². The average molecular weight is 205 g/mol. The van der Waals surface area contributed by atoms with Crippen LogP contribution in [0.15, 0.2) is 18.6 Å². The van der Waals surface area contributed by atoms with Crippen molar-refractivity contribution in [1.82, 2.24) is 15.0 Å². The van der Waals surface area contributed by atoms with Crippen LogP contribution in [0.2, 0.25) is 0 Å². The van der Waals surface area contributed by atoms with Crippen molar-refractivity contribution in [3.8, 4) is 10.7 Å².